The van der Waals surface area contributed by atoms with Crippen molar-refractivity contribution >= 4 is 11.9 Å². The van der Waals surface area contributed by atoms with E-state index in [9.17, 15) is 4.79 Å². The molecule has 0 atom stereocenters. The van der Waals surface area contributed by atoms with E-state index in [1.54, 1.807) is 6.08 Å². The van der Waals surface area contributed by atoms with E-state index < -0.39 is 0 Å². The smallest absolute Gasteiger partial charge is 0.185 e. The molecule has 2 aromatic rings. The molecule has 0 unspecified atom stereocenters. The van der Waals surface area contributed by atoms with E-state index in [1.165, 1.54) is 36.8 Å². The number of carbonyl (C=O) groups is 1. The SMILES string of the molecule is CCCCCCc1cc(C=CC(=O)c2ccccc2)ccc1C. The molecule has 0 radical (unpaired) electrons. The largest absolute Gasteiger partial charge is 0.289 e. The number of rotatable bonds is 8. The van der Waals surface area contributed by atoms with Crippen LogP contribution in [-0.4, -0.2) is 5.78 Å². The molecule has 0 spiro atoms. The van der Waals surface area contributed by atoms with Gasteiger partial charge in [-0.25, -0.2) is 0 Å². The van der Waals surface area contributed by atoms with Gasteiger partial charge in [0.15, 0.2) is 5.78 Å². The van der Waals surface area contributed by atoms with Crippen molar-refractivity contribution in [2.75, 3.05) is 0 Å². The number of benzene rings is 2. The highest BCUT2D eigenvalue weighted by atomic mass is 16.1. The van der Waals surface area contributed by atoms with E-state index in [0.717, 1.165) is 17.5 Å². The zero-order valence-corrected chi connectivity index (χ0v) is 14.2. The Bertz CT molecular complexity index is 653. The maximum absolute atomic E-state index is 12.1. The number of unbranched alkanes of at least 4 members (excludes halogenated alkanes) is 3. The maximum Gasteiger partial charge on any atom is 0.185 e. The summed E-state index contributed by atoms with van der Waals surface area (Å²) in [5.41, 5.74) is 4.57. The van der Waals surface area contributed by atoms with Crippen LogP contribution in [0.2, 0.25) is 0 Å². The van der Waals surface area contributed by atoms with Gasteiger partial charge in [-0.15, -0.1) is 0 Å². The van der Waals surface area contributed by atoms with Crippen LogP contribution in [0, 0.1) is 6.92 Å². The van der Waals surface area contributed by atoms with Crippen molar-refractivity contribution in [3.8, 4) is 0 Å². The molecule has 0 N–H and O–H groups in total. The Balaban J connectivity index is 2.02. The lowest BCUT2D eigenvalue weighted by Crippen LogP contribution is -1.94. The number of ketones is 1. The highest BCUT2D eigenvalue weighted by Crippen LogP contribution is 2.16. The second-order valence-electron chi connectivity index (χ2n) is 6.06. The fraction of sp³-hybridized carbons (Fsp3) is 0.318. The van der Waals surface area contributed by atoms with E-state index in [2.05, 4.69) is 32.0 Å². The van der Waals surface area contributed by atoms with Crippen molar-refractivity contribution in [2.24, 2.45) is 0 Å². The average Bonchev–Trinajstić information content (AvgIpc) is 2.59. The molecule has 2 rings (SSSR count). The molecule has 0 aliphatic heterocycles. The Kier molecular flexibility index (Phi) is 6.80. The summed E-state index contributed by atoms with van der Waals surface area (Å²) in [6, 6.07) is 15.9. The normalized spacial score (nSPS) is 11.0. The first-order chi connectivity index (χ1) is 11.2. The van der Waals surface area contributed by atoms with Gasteiger partial charge in [0.2, 0.25) is 0 Å². The van der Waals surface area contributed by atoms with E-state index in [1.807, 2.05) is 36.4 Å². The molecule has 23 heavy (non-hydrogen) atoms. The molecular formula is C22H26O. The first kappa shape index (κ1) is 17.2. The Labute approximate surface area is 140 Å². The predicted molar refractivity (Wildman–Crippen MR) is 98.8 cm³/mol. The minimum Gasteiger partial charge on any atom is -0.289 e. The Morgan fingerprint density at radius 2 is 1.78 bits per heavy atom. The molecule has 0 aliphatic carbocycles. The molecule has 0 saturated heterocycles. The lowest BCUT2D eigenvalue weighted by molar-refractivity contribution is 0.104. The number of allylic oxidation sites excluding steroid dienone is 1. The van der Waals surface area contributed by atoms with Gasteiger partial charge in [0.1, 0.15) is 0 Å². The summed E-state index contributed by atoms with van der Waals surface area (Å²) in [6.07, 6.45) is 9.83. The first-order valence-electron chi connectivity index (χ1n) is 8.57. The van der Waals surface area contributed by atoms with Crippen LogP contribution in [0.25, 0.3) is 6.08 Å². The molecule has 0 aromatic heterocycles. The third-order valence-electron chi connectivity index (χ3n) is 4.16. The third kappa shape index (κ3) is 5.52. The fourth-order valence-electron chi connectivity index (χ4n) is 2.68. The molecule has 120 valence electrons. The molecule has 0 aliphatic rings. The van der Waals surface area contributed by atoms with Gasteiger partial charge < -0.3 is 0 Å². The molecule has 1 heteroatoms. The number of hydrogen-bond donors (Lipinski definition) is 0. The van der Waals surface area contributed by atoms with Crippen LogP contribution < -0.4 is 0 Å². The van der Waals surface area contributed by atoms with Crippen LogP contribution in [0.5, 0.6) is 0 Å². The highest BCUT2D eigenvalue weighted by molar-refractivity contribution is 6.06. The lowest BCUT2D eigenvalue weighted by Gasteiger charge is -2.07. The van der Waals surface area contributed by atoms with Crippen molar-refractivity contribution in [3.05, 3.63) is 76.9 Å². The summed E-state index contributed by atoms with van der Waals surface area (Å²) in [5, 5.41) is 0. The minimum atomic E-state index is 0.0515. The van der Waals surface area contributed by atoms with Crippen LogP contribution in [-0.2, 0) is 6.42 Å². The van der Waals surface area contributed by atoms with E-state index in [-0.39, 0.29) is 5.78 Å². The summed E-state index contributed by atoms with van der Waals surface area (Å²) in [7, 11) is 0. The van der Waals surface area contributed by atoms with Crippen molar-refractivity contribution in [3.63, 3.8) is 0 Å². The summed E-state index contributed by atoms with van der Waals surface area (Å²) in [6.45, 7) is 4.40. The van der Waals surface area contributed by atoms with Gasteiger partial charge in [0.05, 0.1) is 0 Å². The molecule has 1 nitrogen and oxygen atoms in total. The van der Waals surface area contributed by atoms with Gasteiger partial charge in [0.25, 0.3) is 0 Å². The molecule has 0 amide bonds. The minimum absolute atomic E-state index is 0.0515. The number of carbonyl (C=O) groups excluding carboxylic acids is 1. The molecule has 0 saturated carbocycles. The summed E-state index contributed by atoms with van der Waals surface area (Å²) in [5.74, 6) is 0.0515. The number of hydrogen-bond acceptors (Lipinski definition) is 1. The van der Waals surface area contributed by atoms with Gasteiger partial charge >= 0.3 is 0 Å². The topological polar surface area (TPSA) is 17.1 Å². The van der Waals surface area contributed by atoms with Crippen LogP contribution in [0.3, 0.4) is 0 Å². The highest BCUT2D eigenvalue weighted by Gasteiger charge is 2.02. The predicted octanol–water partition coefficient (Wildman–Crippen LogP) is 6.01. The summed E-state index contributed by atoms with van der Waals surface area (Å²) < 4.78 is 0. The quantitative estimate of drug-likeness (QED) is 0.331. The molecule has 0 heterocycles. The molecule has 2 aromatic carbocycles. The van der Waals surface area contributed by atoms with Crippen molar-refractivity contribution in [1.82, 2.24) is 0 Å². The van der Waals surface area contributed by atoms with Gasteiger partial charge in [-0.1, -0.05) is 80.8 Å². The monoisotopic (exact) mass is 306 g/mol. The number of aryl methyl sites for hydroxylation is 2. The van der Waals surface area contributed by atoms with E-state index in [0.29, 0.717) is 0 Å². The third-order valence-corrected chi connectivity index (χ3v) is 4.16. The fourth-order valence-corrected chi connectivity index (χ4v) is 2.68. The Morgan fingerprint density at radius 3 is 2.52 bits per heavy atom. The standard InChI is InChI=1S/C22H26O/c1-3-4-5-7-12-21-17-19(14-13-18(21)2)15-16-22(23)20-10-8-6-9-11-20/h6,8-11,13-17H,3-5,7,12H2,1-2H3. The second kappa shape index (κ2) is 9.09. The van der Waals surface area contributed by atoms with Crippen molar-refractivity contribution in [1.29, 1.82) is 0 Å². The Morgan fingerprint density at radius 1 is 1.00 bits per heavy atom. The van der Waals surface area contributed by atoms with Crippen LogP contribution in [0.15, 0.2) is 54.6 Å². The van der Waals surface area contributed by atoms with Crippen LogP contribution >= 0.6 is 0 Å². The van der Waals surface area contributed by atoms with E-state index >= 15 is 0 Å². The second-order valence-corrected chi connectivity index (χ2v) is 6.06. The van der Waals surface area contributed by atoms with Crippen LogP contribution in [0.4, 0.5) is 0 Å². The maximum atomic E-state index is 12.1. The van der Waals surface area contributed by atoms with E-state index in [4.69, 9.17) is 0 Å². The lowest BCUT2D eigenvalue weighted by atomic mass is 9.99. The zero-order chi connectivity index (χ0) is 16.5. The molecule has 0 bridgehead atoms. The summed E-state index contributed by atoms with van der Waals surface area (Å²) >= 11 is 0. The van der Waals surface area contributed by atoms with Gasteiger partial charge in [-0.05, 0) is 42.5 Å². The molecular weight excluding hydrogens is 280 g/mol. The summed E-state index contributed by atoms with van der Waals surface area (Å²) in [4.78, 5) is 12.1. The zero-order valence-electron chi connectivity index (χ0n) is 14.2. The van der Waals surface area contributed by atoms with Gasteiger partial charge in [0, 0.05) is 5.56 Å². The van der Waals surface area contributed by atoms with Crippen molar-refractivity contribution < 1.29 is 4.79 Å². The van der Waals surface area contributed by atoms with Gasteiger partial charge in [-0.3, -0.25) is 4.79 Å². The van der Waals surface area contributed by atoms with Crippen molar-refractivity contribution in [2.45, 2.75) is 46.0 Å². The first-order valence-corrected chi connectivity index (χ1v) is 8.57. The Hall–Kier alpha value is -2.15. The van der Waals surface area contributed by atoms with Gasteiger partial charge in [-0.2, -0.15) is 0 Å². The molecule has 0 fully saturated rings. The van der Waals surface area contributed by atoms with Crippen LogP contribution in [0.1, 0.15) is 59.7 Å². The average molecular weight is 306 g/mol.